The normalized spacial score (nSPS) is 18.7. The largest absolute Gasteiger partial charge is 0.489 e. The van der Waals surface area contributed by atoms with Crippen LogP contribution in [0.1, 0.15) is 35.6 Å². The fourth-order valence-corrected chi connectivity index (χ4v) is 3.39. The molecule has 2 aromatic carbocycles. The summed E-state index contributed by atoms with van der Waals surface area (Å²) in [5.74, 6) is -1.66. The van der Waals surface area contributed by atoms with Crippen molar-refractivity contribution >= 4 is 16.9 Å². The van der Waals surface area contributed by atoms with E-state index in [1.165, 1.54) is 18.2 Å². The van der Waals surface area contributed by atoms with Gasteiger partial charge in [-0.15, -0.1) is 0 Å². The molecular formula is C20H15F5N2O3. The standard InChI is InChI=1S/C20H15F5N2O3/c21-19(22)27-8-11-5-13(6-15(17(11)26-27)14-7-16(14)18(28)29)30-9-10-1-3-12(4-2-10)20(23,24)25/h1-6,8,14,16,19H,7,9H2,(H,28,29)/t14-,16+/m0/s1. The van der Waals surface area contributed by atoms with Gasteiger partial charge in [-0.1, -0.05) is 12.1 Å². The van der Waals surface area contributed by atoms with E-state index < -0.39 is 30.2 Å². The summed E-state index contributed by atoms with van der Waals surface area (Å²) in [6, 6.07) is 7.52. The third kappa shape index (κ3) is 3.94. The zero-order valence-electron chi connectivity index (χ0n) is 15.2. The van der Waals surface area contributed by atoms with E-state index in [1.54, 1.807) is 6.07 Å². The number of carboxylic acid groups (broad SMARTS) is 1. The number of carbonyl (C=O) groups is 1. The molecule has 1 heterocycles. The lowest BCUT2D eigenvalue weighted by Gasteiger charge is -2.10. The minimum absolute atomic E-state index is 0.0426. The maximum Gasteiger partial charge on any atom is 0.416 e. The number of aromatic nitrogens is 2. The molecule has 1 fully saturated rings. The Morgan fingerprint density at radius 1 is 1.23 bits per heavy atom. The van der Waals surface area contributed by atoms with Crippen LogP contribution in [0.4, 0.5) is 22.0 Å². The molecule has 2 atom stereocenters. The van der Waals surface area contributed by atoms with Gasteiger partial charge < -0.3 is 9.84 Å². The maximum absolute atomic E-state index is 13.0. The predicted octanol–water partition coefficient (Wildman–Crippen LogP) is 5.22. The molecule has 10 heteroatoms. The molecule has 0 bridgehead atoms. The van der Waals surface area contributed by atoms with Crippen molar-refractivity contribution in [2.24, 2.45) is 5.92 Å². The van der Waals surface area contributed by atoms with Crippen molar-refractivity contribution in [1.29, 1.82) is 0 Å². The van der Waals surface area contributed by atoms with Gasteiger partial charge in [-0.3, -0.25) is 4.79 Å². The monoisotopic (exact) mass is 426 g/mol. The minimum atomic E-state index is -4.44. The average Bonchev–Trinajstić information content (AvgIpc) is 3.36. The Bertz CT molecular complexity index is 1090. The lowest BCUT2D eigenvalue weighted by molar-refractivity contribution is -0.139. The molecule has 30 heavy (non-hydrogen) atoms. The van der Waals surface area contributed by atoms with Crippen LogP contribution in [0, 0.1) is 5.92 Å². The van der Waals surface area contributed by atoms with Crippen molar-refractivity contribution in [3.8, 4) is 5.75 Å². The van der Waals surface area contributed by atoms with Crippen molar-refractivity contribution in [2.45, 2.75) is 31.7 Å². The number of nitrogens with zero attached hydrogens (tertiary/aromatic N) is 2. The van der Waals surface area contributed by atoms with Gasteiger partial charge in [-0.2, -0.15) is 27.1 Å². The molecule has 0 radical (unpaired) electrons. The summed E-state index contributed by atoms with van der Waals surface area (Å²) in [5.41, 5.74) is 0.498. The van der Waals surface area contributed by atoms with E-state index in [0.29, 0.717) is 33.4 Å². The number of aliphatic carboxylic acids is 1. The first kappa shape index (κ1) is 20.1. The lowest BCUT2D eigenvalue weighted by atomic mass is 10.1. The summed E-state index contributed by atoms with van der Waals surface area (Å²) < 4.78 is 70.2. The Morgan fingerprint density at radius 2 is 1.93 bits per heavy atom. The second-order valence-electron chi connectivity index (χ2n) is 7.11. The third-order valence-electron chi connectivity index (χ3n) is 5.02. The highest BCUT2D eigenvalue weighted by Crippen LogP contribution is 2.50. The van der Waals surface area contributed by atoms with E-state index >= 15 is 0 Å². The van der Waals surface area contributed by atoms with Crippen molar-refractivity contribution in [1.82, 2.24) is 9.78 Å². The van der Waals surface area contributed by atoms with Gasteiger partial charge in [-0.25, -0.2) is 4.68 Å². The lowest BCUT2D eigenvalue weighted by Crippen LogP contribution is -2.05. The Hall–Kier alpha value is -3.17. The Balaban J connectivity index is 1.60. The van der Waals surface area contributed by atoms with Crippen LogP contribution in [0.3, 0.4) is 0 Å². The van der Waals surface area contributed by atoms with Crippen molar-refractivity contribution in [2.75, 3.05) is 0 Å². The van der Waals surface area contributed by atoms with Crippen LogP contribution in [0.5, 0.6) is 5.75 Å². The molecule has 0 aliphatic heterocycles. The number of carboxylic acids is 1. The highest BCUT2D eigenvalue weighted by Gasteiger charge is 2.45. The van der Waals surface area contributed by atoms with Crippen LogP contribution in [-0.4, -0.2) is 20.9 Å². The van der Waals surface area contributed by atoms with E-state index in [2.05, 4.69) is 5.10 Å². The number of hydrogen-bond acceptors (Lipinski definition) is 3. The molecule has 1 saturated carbocycles. The Labute approximate surface area is 166 Å². The Morgan fingerprint density at radius 3 is 2.50 bits per heavy atom. The summed E-state index contributed by atoms with van der Waals surface area (Å²) in [6.45, 7) is -2.89. The molecule has 4 rings (SSSR count). The van der Waals surface area contributed by atoms with E-state index in [1.807, 2.05) is 0 Å². The summed E-state index contributed by atoms with van der Waals surface area (Å²) >= 11 is 0. The van der Waals surface area contributed by atoms with E-state index in [4.69, 9.17) is 4.74 Å². The molecule has 1 aliphatic carbocycles. The molecule has 1 N–H and O–H groups in total. The van der Waals surface area contributed by atoms with Crippen molar-refractivity contribution in [3.05, 3.63) is 59.3 Å². The van der Waals surface area contributed by atoms with Gasteiger partial charge in [0.05, 0.1) is 17.0 Å². The molecule has 5 nitrogen and oxygen atoms in total. The molecule has 3 aromatic rings. The summed E-state index contributed by atoms with van der Waals surface area (Å²) in [7, 11) is 0. The number of halogens is 5. The van der Waals surface area contributed by atoms with E-state index in [0.717, 1.165) is 18.3 Å². The molecule has 1 aliphatic rings. The topological polar surface area (TPSA) is 64.3 Å². The van der Waals surface area contributed by atoms with Gasteiger partial charge in [0.15, 0.2) is 0 Å². The zero-order valence-corrected chi connectivity index (χ0v) is 15.2. The molecule has 1 aromatic heterocycles. The minimum Gasteiger partial charge on any atom is -0.489 e. The molecule has 0 spiro atoms. The Kier molecular flexibility index (Phi) is 4.87. The molecule has 0 amide bonds. The zero-order chi connectivity index (χ0) is 21.6. The molecular weight excluding hydrogens is 411 g/mol. The smallest absolute Gasteiger partial charge is 0.416 e. The van der Waals surface area contributed by atoms with Crippen molar-refractivity contribution in [3.63, 3.8) is 0 Å². The van der Waals surface area contributed by atoms with Gasteiger partial charge in [0, 0.05) is 17.5 Å². The van der Waals surface area contributed by atoms with Gasteiger partial charge in [0.1, 0.15) is 12.4 Å². The highest BCUT2D eigenvalue weighted by atomic mass is 19.4. The number of benzene rings is 2. The van der Waals surface area contributed by atoms with E-state index in [9.17, 15) is 31.9 Å². The third-order valence-corrected chi connectivity index (χ3v) is 5.02. The number of ether oxygens (including phenoxy) is 1. The van der Waals surface area contributed by atoms with Crippen LogP contribution in [-0.2, 0) is 17.6 Å². The average molecular weight is 426 g/mol. The van der Waals surface area contributed by atoms with Crippen LogP contribution in [0.25, 0.3) is 10.9 Å². The second-order valence-corrected chi connectivity index (χ2v) is 7.11. The van der Waals surface area contributed by atoms with E-state index in [-0.39, 0.29) is 18.0 Å². The molecule has 0 saturated heterocycles. The fraction of sp³-hybridized carbons (Fsp3) is 0.300. The number of alkyl halides is 5. The van der Waals surface area contributed by atoms with Crippen LogP contribution >= 0.6 is 0 Å². The first-order chi connectivity index (χ1) is 14.1. The quantitative estimate of drug-likeness (QED) is 0.549. The van der Waals surface area contributed by atoms with Gasteiger partial charge in [0.2, 0.25) is 0 Å². The molecule has 158 valence electrons. The predicted molar refractivity (Wildman–Crippen MR) is 95.2 cm³/mol. The first-order valence-corrected chi connectivity index (χ1v) is 8.96. The second kappa shape index (κ2) is 7.26. The summed E-state index contributed by atoms with van der Waals surface area (Å²) in [4.78, 5) is 11.2. The van der Waals surface area contributed by atoms with Gasteiger partial charge in [0.25, 0.3) is 0 Å². The number of fused-ring (bicyclic) bond motifs is 1. The van der Waals surface area contributed by atoms with Gasteiger partial charge >= 0.3 is 18.7 Å². The van der Waals surface area contributed by atoms with Crippen LogP contribution in [0.15, 0.2) is 42.6 Å². The van der Waals surface area contributed by atoms with Crippen LogP contribution < -0.4 is 4.74 Å². The maximum atomic E-state index is 13.0. The van der Waals surface area contributed by atoms with Crippen molar-refractivity contribution < 1.29 is 36.6 Å². The van der Waals surface area contributed by atoms with Crippen LogP contribution in [0.2, 0.25) is 0 Å². The fourth-order valence-electron chi connectivity index (χ4n) is 3.39. The highest BCUT2D eigenvalue weighted by molar-refractivity contribution is 5.86. The number of hydrogen-bond donors (Lipinski definition) is 1. The molecule has 0 unspecified atom stereocenters. The number of rotatable bonds is 6. The summed E-state index contributed by atoms with van der Waals surface area (Å²) in [5, 5.41) is 13.4. The van der Waals surface area contributed by atoms with Gasteiger partial charge in [-0.05, 0) is 41.8 Å². The SMILES string of the molecule is O=C(O)[C@@H]1C[C@H]1c1cc(OCc2ccc(C(F)(F)F)cc2)cc2cn(C(F)F)nc12. The summed E-state index contributed by atoms with van der Waals surface area (Å²) in [6.07, 6.45) is -2.92. The first-order valence-electron chi connectivity index (χ1n) is 8.96.